The Morgan fingerprint density at radius 3 is 2.68 bits per heavy atom. The second-order valence-electron chi connectivity index (χ2n) is 6.43. The fourth-order valence-electron chi connectivity index (χ4n) is 2.78. The molecule has 1 heterocycles. The molecule has 25 heavy (non-hydrogen) atoms. The van der Waals surface area contributed by atoms with E-state index < -0.39 is 0 Å². The Hall–Kier alpha value is -2.53. The van der Waals surface area contributed by atoms with Crippen LogP contribution in [0, 0.1) is 6.92 Å². The van der Waals surface area contributed by atoms with Gasteiger partial charge >= 0.3 is 0 Å². The van der Waals surface area contributed by atoms with Gasteiger partial charge in [0.1, 0.15) is 13.2 Å². The van der Waals surface area contributed by atoms with Crippen LogP contribution in [0.1, 0.15) is 18.1 Å². The van der Waals surface area contributed by atoms with Gasteiger partial charge in [0, 0.05) is 12.2 Å². The molecule has 0 radical (unpaired) electrons. The molecule has 2 aromatic rings. The Bertz CT molecular complexity index is 760. The molecule has 1 aliphatic rings. The number of carbonyl (C=O) groups excluding carboxylic acids is 1. The summed E-state index contributed by atoms with van der Waals surface area (Å²) in [4.78, 5) is 14.5. The molecule has 1 aliphatic heterocycles. The average molecular weight is 340 g/mol. The number of hydrogen-bond donors (Lipinski definition) is 1. The highest BCUT2D eigenvalue weighted by molar-refractivity contribution is 5.94. The van der Waals surface area contributed by atoms with Crippen molar-refractivity contribution in [3.63, 3.8) is 0 Å². The van der Waals surface area contributed by atoms with Crippen molar-refractivity contribution in [1.29, 1.82) is 0 Å². The number of rotatable bonds is 5. The lowest BCUT2D eigenvalue weighted by Crippen LogP contribution is -2.39. The molecule has 2 aromatic carbocycles. The fraction of sp³-hybridized carbons (Fsp3) is 0.350. The van der Waals surface area contributed by atoms with E-state index in [1.54, 1.807) is 0 Å². The van der Waals surface area contributed by atoms with E-state index in [0.29, 0.717) is 19.8 Å². The van der Waals surface area contributed by atoms with E-state index in [0.717, 1.165) is 28.3 Å². The van der Waals surface area contributed by atoms with Crippen molar-refractivity contribution >= 4 is 11.6 Å². The first-order valence-corrected chi connectivity index (χ1v) is 8.49. The first-order chi connectivity index (χ1) is 12.0. The number of aryl methyl sites for hydroxylation is 1. The second-order valence-corrected chi connectivity index (χ2v) is 6.43. The van der Waals surface area contributed by atoms with E-state index in [-0.39, 0.29) is 11.9 Å². The number of fused-ring (bicyclic) bond motifs is 1. The van der Waals surface area contributed by atoms with E-state index in [2.05, 4.69) is 5.32 Å². The predicted molar refractivity (Wildman–Crippen MR) is 98.2 cm³/mol. The summed E-state index contributed by atoms with van der Waals surface area (Å²) in [7, 11) is 1.94. The van der Waals surface area contributed by atoms with Gasteiger partial charge in [-0.1, -0.05) is 18.2 Å². The maximum atomic E-state index is 12.5. The van der Waals surface area contributed by atoms with Crippen LogP contribution in [-0.2, 0) is 11.3 Å². The summed E-state index contributed by atoms with van der Waals surface area (Å²) in [6.45, 7) is 5.72. The summed E-state index contributed by atoms with van der Waals surface area (Å²) in [5.74, 6) is 1.53. The van der Waals surface area contributed by atoms with E-state index in [9.17, 15) is 4.79 Å². The molecule has 1 atom stereocenters. The maximum Gasteiger partial charge on any atom is 0.241 e. The molecule has 132 valence electrons. The van der Waals surface area contributed by atoms with Crippen LogP contribution in [0.2, 0.25) is 0 Å². The number of hydrogen-bond acceptors (Lipinski definition) is 4. The number of amides is 1. The van der Waals surface area contributed by atoms with Crippen LogP contribution in [0.5, 0.6) is 11.5 Å². The third kappa shape index (κ3) is 4.31. The molecule has 0 saturated heterocycles. The van der Waals surface area contributed by atoms with E-state index in [1.807, 2.05) is 68.3 Å². The van der Waals surface area contributed by atoms with Gasteiger partial charge in [0.2, 0.25) is 5.91 Å². The quantitative estimate of drug-likeness (QED) is 0.908. The topological polar surface area (TPSA) is 50.8 Å². The van der Waals surface area contributed by atoms with Gasteiger partial charge in [-0.25, -0.2) is 0 Å². The Balaban J connectivity index is 1.62. The first-order valence-electron chi connectivity index (χ1n) is 8.49. The Kier molecular flexibility index (Phi) is 5.24. The molecule has 0 fully saturated rings. The number of nitrogens with one attached hydrogen (secondary N) is 1. The number of ether oxygens (including phenoxy) is 2. The molecule has 0 unspecified atom stereocenters. The molecule has 0 aromatic heterocycles. The van der Waals surface area contributed by atoms with Crippen molar-refractivity contribution in [2.75, 3.05) is 25.6 Å². The first kappa shape index (κ1) is 17.3. The number of anilines is 1. The highest BCUT2D eigenvalue weighted by Crippen LogP contribution is 2.31. The lowest BCUT2D eigenvalue weighted by Gasteiger charge is -2.25. The van der Waals surface area contributed by atoms with Gasteiger partial charge in [0.25, 0.3) is 0 Å². The van der Waals surface area contributed by atoms with Crippen LogP contribution in [0.25, 0.3) is 0 Å². The minimum absolute atomic E-state index is 0.0226. The monoisotopic (exact) mass is 340 g/mol. The summed E-state index contributed by atoms with van der Waals surface area (Å²) in [6, 6.07) is 13.5. The normalized spacial score (nSPS) is 14.2. The lowest BCUT2D eigenvalue weighted by atomic mass is 10.1. The molecule has 0 bridgehead atoms. The molecule has 5 nitrogen and oxygen atoms in total. The van der Waals surface area contributed by atoms with Crippen LogP contribution < -0.4 is 14.8 Å². The molecule has 1 N–H and O–H groups in total. The zero-order valence-electron chi connectivity index (χ0n) is 14.9. The largest absolute Gasteiger partial charge is 0.486 e. The van der Waals surface area contributed by atoms with Crippen LogP contribution in [0.15, 0.2) is 42.5 Å². The van der Waals surface area contributed by atoms with E-state index in [1.165, 1.54) is 0 Å². The summed E-state index contributed by atoms with van der Waals surface area (Å²) in [6.07, 6.45) is 0. The molecular formula is C20H24N2O3. The van der Waals surface area contributed by atoms with Crippen molar-refractivity contribution in [1.82, 2.24) is 4.90 Å². The molecule has 0 aliphatic carbocycles. The van der Waals surface area contributed by atoms with Gasteiger partial charge in [0.15, 0.2) is 11.5 Å². The van der Waals surface area contributed by atoms with Crippen LogP contribution in [0.4, 0.5) is 5.69 Å². The smallest absolute Gasteiger partial charge is 0.241 e. The Labute approximate surface area is 148 Å². The standard InChI is InChI=1S/C20H24N2O3/c1-14-5-4-6-17(11-14)21-20(23)15(2)22(3)13-16-7-8-18-19(12-16)25-10-9-24-18/h4-8,11-12,15H,9-10,13H2,1-3H3,(H,21,23)/t15-/m0/s1. The third-order valence-electron chi connectivity index (χ3n) is 4.36. The zero-order valence-corrected chi connectivity index (χ0v) is 14.9. The van der Waals surface area contributed by atoms with Gasteiger partial charge in [-0.15, -0.1) is 0 Å². The van der Waals surface area contributed by atoms with Crippen molar-refractivity contribution in [2.24, 2.45) is 0 Å². The maximum absolute atomic E-state index is 12.5. The van der Waals surface area contributed by atoms with Crippen LogP contribution in [0.3, 0.4) is 0 Å². The fourth-order valence-corrected chi connectivity index (χ4v) is 2.78. The number of nitrogens with zero attached hydrogens (tertiary/aromatic N) is 1. The van der Waals surface area contributed by atoms with Crippen LogP contribution in [-0.4, -0.2) is 37.1 Å². The molecule has 3 rings (SSSR count). The SMILES string of the molecule is Cc1cccc(NC(=O)[C@H](C)N(C)Cc2ccc3c(c2)OCCO3)c1. The predicted octanol–water partition coefficient (Wildman–Crippen LogP) is 3.23. The summed E-state index contributed by atoms with van der Waals surface area (Å²) >= 11 is 0. The van der Waals surface area contributed by atoms with Crippen molar-refractivity contribution in [3.05, 3.63) is 53.6 Å². The van der Waals surface area contributed by atoms with Crippen LogP contribution >= 0.6 is 0 Å². The highest BCUT2D eigenvalue weighted by atomic mass is 16.6. The molecular weight excluding hydrogens is 316 g/mol. The number of carbonyl (C=O) groups is 1. The Morgan fingerprint density at radius 2 is 1.92 bits per heavy atom. The average Bonchev–Trinajstić information content (AvgIpc) is 2.61. The van der Waals surface area contributed by atoms with E-state index in [4.69, 9.17) is 9.47 Å². The number of likely N-dealkylation sites (N-methyl/N-ethyl adjacent to an activating group) is 1. The summed E-state index contributed by atoms with van der Waals surface area (Å²) in [5.41, 5.74) is 3.03. The summed E-state index contributed by atoms with van der Waals surface area (Å²) < 4.78 is 11.2. The van der Waals surface area contributed by atoms with Crippen molar-refractivity contribution in [3.8, 4) is 11.5 Å². The van der Waals surface area contributed by atoms with Crippen molar-refractivity contribution < 1.29 is 14.3 Å². The molecule has 5 heteroatoms. The van der Waals surface area contributed by atoms with Gasteiger partial charge in [0.05, 0.1) is 6.04 Å². The highest BCUT2D eigenvalue weighted by Gasteiger charge is 2.19. The number of benzene rings is 2. The van der Waals surface area contributed by atoms with Gasteiger partial charge in [-0.3, -0.25) is 9.69 Å². The Morgan fingerprint density at radius 1 is 1.16 bits per heavy atom. The molecule has 1 amide bonds. The minimum Gasteiger partial charge on any atom is -0.486 e. The summed E-state index contributed by atoms with van der Waals surface area (Å²) in [5, 5.41) is 2.97. The van der Waals surface area contributed by atoms with E-state index >= 15 is 0 Å². The zero-order chi connectivity index (χ0) is 17.8. The minimum atomic E-state index is -0.256. The lowest BCUT2D eigenvalue weighted by molar-refractivity contribution is -0.120. The second kappa shape index (κ2) is 7.57. The van der Waals surface area contributed by atoms with Gasteiger partial charge < -0.3 is 14.8 Å². The van der Waals surface area contributed by atoms with Gasteiger partial charge in [-0.2, -0.15) is 0 Å². The molecule has 0 saturated carbocycles. The van der Waals surface area contributed by atoms with Gasteiger partial charge in [-0.05, 0) is 56.3 Å². The third-order valence-corrected chi connectivity index (χ3v) is 4.36. The van der Waals surface area contributed by atoms with Crippen molar-refractivity contribution in [2.45, 2.75) is 26.4 Å². The molecule has 0 spiro atoms.